The normalized spacial score (nSPS) is 29.1. The molecule has 2 heterocycles. The molecule has 6 nitrogen and oxygen atoms in total. The van der Waals surface area contributed by atoms with Crippen molar-refractivity contribution in [3.63, 3.8) is 0 Å². The maximum atomic E-state index is 11.9. The second-order valence-corrected chi connectivity index (χ2v) is 6.82. The largest absolute Gasteiger partial charge is 0.399 e. The number of urea groups is 1. The van der Waals surface area contributed by atoms with Gasteiger partial charge >= 0.3 is 6.03 Å². The van der Waals surface area contributed by atoms with Gasteiger partial charge in [-0.15, -0.1) is 0 Å². The first-order chi connectivity index (χ1) is 8.46. The second kappa shape index (κ2) is 3.61. The molecule has 2 amide bonds. The summed E-state index contributed by atoms with van der Waals surface area (Å²) in [5.41, 5.74) is 6.87. The van der Waals surface area contributed by atoms with Crippen molar-refractivity contribution in [3.05, 3.63) is 24.3 Å². The fraction of sp³-hybridized carbons (Fsp3) is 0.364. The lowest BCUT2D eigenvalue weighted by Crippen LogP contribution is -2.36. The summed E-state index contributed by atoms with van der Waals surface area (Å²) in [6.45, 7) is 0. The van der Waals surface area contributed by atoms with Gasteiger partial charge in [-0.2, -0.15) is 0 Å². The van der Waals surface area contributed by atoms with Crippen LogP contribution in [0.4, 0.5) is 16.2 Å². The molecule has 1 aromatic carbocycles. The number of rotatable bonds is 1. The van der Waals surface area contributed by atoms with E-state index in [4.69, 9.17) is 5.73 Å². The molecule has 96 valence electrons. The SMILES string of the molecule is Nc1cccc(N2C(=O)N[C@@H]3CS(=O)(=O)C[C@H]32)c1. The predicted octanol–water partition coefficient (Wildman–Crippen LogP) is -0.0360. The molecular weight excluding hydrogens is 254 g/mol. The third kappa shape index (κ3) is 1.71. The van der Waals surface area contributed by atoms with E-state index in [0.29, 0.717) is 11.4 Å². The summed E-state index contributed by atoms with van der Waals surface area (Å²) in [4.78, 5) is 13.4. The van der Waals surface area contributed by atoms with Gasteiger partial charge in [0, 0.05) is 11.4 Å². The average Bonchev–Trinajstić information content (AvgIpc) is 2.68. The van der Waals surface area contributed by atoms with E-state index < -0.39 is 9.84 Å². The topological polar surface area (TPSA) is 92.5 Å². The molecule has 0 spiro atoms. The number of sulfone groups is 1. The van der Waals surface area contributed by atoms with Gasteiger partial charge in [-0.3, -0.25) is 4.90 Å². The summed E-state index contributed by atoms with van der Waals surface area (Å²) in [7, 11) is -3.07. The number of hydrogen-bond donors (Lipinski definition) is 2. The van der Waals surface area contributed by atoms with Crippen LogP contribution in [0, 0.1) is 0 Å². The van der Waals surface area contributed by atoms with Crippen molar-refractivity contribution in [1.29, 1.82) is 0 Å². The second-order valence-electron chi connectivity index (χ2n) is 4.67. The van der Waals surface area contributed by atoms with E-state index in [0.717, 1.165) is 0 Å². The summed E-state index contributed by atoms with van der Waals surface area (Å²) >= 11 is 0. The Balaban J connectivity index is 1.99. The van der Waals surface area contributed by atoms with E-state index in [1.807, 2.05) is 0 Å². The highest BCUT2D eigenvalue weighted by Gasteiger charge is 2.49. The van der Waals surface area contributed by atoms with Gasteiger partial charge < -0.3 is 11.1 Å². The Morgan fingerprint density at radius 1 is 1.33 bits per heavy atom. The Labute approximate surface area is 105 Å². The maximum Gasteiger partial charge on any atom is 0.322 e. The Morgan fingerprint density at radius 3 is 2.83 bits per heavy atom. The zero-order valence-electron chi connectivity index (χ0n) is 9.54. The van der Waals surface area contributed by atoms with Crippen molar-refractivity contribution in [2.45, 2.75) is 12.1 Å². The van der Waals surface area contributed by atoms with Crippen molar-refractivity contribution in [1.82, 2.24) is 5.32 Å². The third-order valence-corrected chi connectivity index (χ3v) is 5.05. The minimum absolute atomic E-state index is 0.00516. The minimum Gasteiger partial charge on any atom is -0.399 e. The van der Waals surface area contributed by atoms with Crippen LogP contribution in [0.2, 0.25) is 0 Å². The number of nitrogen functional groups attached to an aromatic ring is 1. The molecule has 0 unspecified atom stereocenters. The van der Waals surface area contributed by atoms with E-state index in [9.17, 15) is 13.2 Å². The van der Waals surface area contributed by atoms with Gasteiger partial charge in [-0.25, -0.2) is 13.2 Å². The zero-order valence-corrected chi connectivity index (χ0v) is 10.4. The quantitative estimate of drug-likeness (QED) is 0.552. The summed E-state index contributed by atoms with van der Waals surface area (Å²) < 4.78 is 23.2. The van der Waals surface area contributed by atoms with Gasteiger partial charge in [0.25, 0.3) is 0 Å². The monoisotopic (exact) mass is 267 g/mol. The van der Waals surface area contributed by atoms with Crippen LogP contribution in [-0.2, 0) is 9.84 Å². The van der Waals surface area contributed by atoms with Crippen LogP contribution in [-0.4, -0.2) is 38.0 Å². The highest BCUT2D eigenvalue weighted by atomic mass is 32.2. The first-order valence-electron chi connectivity index (χ1n) is 5.62. The van der Waals surface area contributed by atoms with Crippen LogP contribution in [0.15, 0.2) is 24.3 Å². The van der Waals surface area contributed by atoms with Gasteiger partial charge in [0.15, 0.2) is 9.84 Å². The number of carbonyl (C=O) groups is 1. The van der Waals surface area contributed by atoms with Gasteiger partial charge in [0.2, 0.25) is 0 Å². The number of benzene rings is 1. The fourth-order valence-electron chi connectivity index (χ4n) is 2.58. The Hall–Kier alpha value is -1.76. The Kier molecular flexibility index (Phi) is 2.28. The highest BCUT2D eigenvalue weighted by molar-refractivity contribution is 7.91. The summed E-state index contributed by atoms with van der Waals surface area (Å²) in [6, 6.07) is 5.99. The Bertz CT molecular complexity index is 614. The van der Waals surface area contributed by atoms with Crippen LogP contribution in [0.25, 0.3) is 0 Å². The molecule has 3 rings (SSSR count). The molecule has 0 radical (unpaired) electrons. The van der Waals surface area contributed by atoms with Crippen molar-refractivity contribution in [2.24, 2.45) is 0 Å². The van der Waals surface area contributed by atoms with E-state index in [2.05, 4.69) is 5.32 Å². The number of fused-ring (bicyclic) bond motifs is 1. The minimum atomic E-state index is -3.07. The highest BCUT2D eigenvalue weighted by Crippen LogP contribution is 2.30. The lowest BCUT2D eigenvalue weighted by Gasteiger charge is -2.21. The molecule has 0 aromatic heterocycles. The molecule has 3 N–H and O–H groups in total. The van der Waals surface area contributed by atoms with E-state index in [1.165, 1.54) is 4.90 Å². The van der Waals surface area contributed by atoms with Crippen LogP contribution < -0.4 is 16.0 Å². The average molecular weight is 267 g/mol. The standard InChI is InChI=1S/C11H13N3O3S/c12-7-2-1-3-8(4-7)14-10-6-18(16,17)5-9(10)13-11(14)15/h1-4,9-10H,5-6,12H2,(H,13,15)/t9-,10-/m1/s1. The molecule has 0 aliphatic carbocycles. The van der Waals surface area contributed by atoms with Crippen LogP contribution in [0.1, 0.15) is 0 Å². The summed E-state index contributed by atoms with van der Waals surface area (Å²) in [6.07, 6.45) is 0. The van der Waals surface area contributed by atoms with Gasteiger partial charge in [-0.1, -0.05) is 6.07 Å². The first-order valence-corrected chi connectivity index (χ1v) is 7.44. The van der Waals surface area contributed by atoms with Crippen molar-refractivity contribution < 1.29 is 13.2 Å². The summed E-state index contributed by atoms with van der Waals surface area (Å²) in [5, 5.41) is 2.71. The van der Waals surface area contributed by atoms with Crippen LogP contribution in [0.3, 0.4) is 0 Å². The smallest absolute Gasteiger partial charge is 0.322 e. The summed E-state index contributed by atoms with van der Waals surface area (Å²) in [5.74, 6) is 0.0213. The fourth-order valence-corrected chi connectivity index (χ4v) is 4.47. The van der Waals surface area contributed by atoms with E-state index in [1.54, 1.807) is 24.3 Å². The lowest BCUT2D eigenvalue weighted by atomic mass is 10.1. The molecule has 2 aliphatic heterocycles. The molecule has 7 heteroatoms. The number of hydrogen-bond acceptors (Lipinski definition) is 4. The zero-order chi connectivity index (χ0) is 12.9. The maximum absolute atomic E-state index is 11.9. The molecule has 2 saturated heterocycles. The molecule has 18 heavy (non-hydrogen) atoms. The number of amides is 2. The molecule has 2 fully saturated rings. The molecule has 0 bridgehead atoms. The molecule has 0 saturated carbocycles. The van der Waals surface area contributed by atoms with Crippen molar-refractivity contribution in [2.75, 3.05) is 22.1 Å². The number of nitrogens with one attached hydrogen (secondary N) is 1. The number of nitrogens with two attached hydrogens (primary N) is 1. The lowest BCUT2D eigenvalue weighted by molar-refractivity contribution is 0.251. The molecule has 2 atom stereocenters. The van der Waals surface area contributed by atoms with Crippen molar-refractivity contribution in [3.8, 4) is 0 Å². The number of nitrogens with zero attached hydrogens (tertiary/aromatic N) is 1. The van der Waals surface area contributed by atoms with Gasteiger partial charge in [0.1, 0.15) is 0 Å². The number of carbonyl (C=O) groups excluding carboxylic acids is 1. The number of anilines is 2. The predicted molar refractivity (Wildman–Crippen MR) is 68.1 cm³/mol. The first kappa shape index (κ1) is 11.3. The van der Waals surface area contributed by atoms with Crippen LogP contribution >= 0.6 is 0 Å². The van der Waals surface area contributed by atoms with Crippen molar-refractivity contribution >= 4 is 27.2 Å². The van der Waals surface area contributed by atoms with E-state index >= 15 is 0 Å². The van der Waals surface area contributed by atoms with Gasteiger partial charge in [0.05, 0.1) is 23.6 Å². The van der Waals surface area contributed by atoms with Crippen LogP contribution in [0.5, 0.6) is 0 Å². The van der Waals surface area contributed by atoms with E-state index in [-0.39, 0.29) is 29.6 Å². The molecule has 1 aromatic rings. The van der Waals surface area contributed by atoms with Gasteiger partial charge in [-0.05, 0) is 18.2 Å². The molecular formula is C11H13N3O3S. The Morgan fingerprint density at radius 2 is 2.11 bits per heavy atom. The molecule has 2 aliphatic rings. The third-order valence-electron chi connectivity index (χ3n) is 3.33.